The second kappa shape index (κ2) is 6.03. The molecule has 0 aromatic heterocycles. The molecule has 20 heavy (non-hydrogen) atoms. The first-order valence-corrected chi connectivity index (χ1v) is 6.65. The molecule has 0 bridgehead atoms. The third-order valence-electron chi connectivity index (χ3n) is 3.48. The van der Waals surface area contributed by atoms with E-state index in [1.807, 2.05) is 6.92 Å². The van der Waals surface area contributed by atoms with Gasteiger partial charge in [0.25, 0.3) is 5.91 Å². The minimum Gasteiger partial charge on any atom is -0.455 e. The number of ether oxygens (including phenoxy) is 1. The molecule has 2 rings (SSSR count). The van der Waals surface area contributed by atoms with Gasteiger partial charge in [0.15, 0.2) is 6.61 Å². The van der Waals surface area contributed by atoms with Crippen LogP contribution in [0.1, 0.15) is 24.5 Å². The van der Waals surface area contributed by atoms with Crippen LogP contribution in [0, 0.1) is 24.6 Å². The van der Waals surface area contributed by atoms with Crippen LogP contribution >= 0.6 is 0 Å². The van der Waals surface area contributed by atoms with Gasteiger partial charge in [-0.3, -0.25) is 9.59 Å². The van der Waals surface area contributed by atoms with Crippen molar-refractivity contribution in [2.24, 2.45) is 11.8 Å². The number of amides is 1. The van der Waals surface area contributed by atoms with E-state index >= 15 is 0 Å². The second-order valence-electron chi connectivity index (χ2n) is 5.29. The molecule has 1 fully saturated rings. The molecule has 0 radical (unpaired) electrons. The number of hydrogen-bond acceptors (Lipinski definition) is 3. The predicted octanol–water partition coefficient (Wildman–Crippen LogP) is 1.95. The predicted molar refractivity (Wildman–Crippen MR) is 71.2 cm³/mol. The molecule has 0 unspecified atom stereocenters. The zero-order chi connectivity index (χ0) is 14.7. The summed E-state index contributed by atoms with van der Waals surface area (Å²) < 4.78 is 18.2. The summed E-state index contributed by atoms with van der Waals surface area (Å²) in [5, 5.41) is 2.59. The highest BCUT2D eigenvalue weighted by Gasteiger charge is 2.40. The molecule has 0 spiro atoms. The average molecular weight is 279 g/mol. The minimum atomic E-state index is -0.382. The topological polar surface area (TPSA) is 55.4 Å². The summed E-state index contributed by atoms with van der Waals surface area (Å²) in [7, 11) is 0. The fourth-order valence-corrected chi connectivity index (χ4v) is 1.89. The van der Waals surface area contributed by atoms with Gasteiger partial charge in [0.05, 0.1) is 5.92 Å². The second-order valence-corrected chi connectivity index (χ2v) is 5.29. The van der Waals surface area contributed by atoms with Crippen LogP contribution in [0.4, 0.5) is 4.39 Å². The molecule has 1 aliphatic carbocycles. The van der Waals surface area contributed by atoms with Crippen molar-refractivity contribution in [1.29, 1.82) is 0 Å². The highest BCUT2D eigenvalue weighted by Crippen LogP contribution is 2.38. The Labute approximate surface area is 117 Å². The summed E-state index contributed by atoms with van der Waals surface area (Å²) in [6.45, 7) is 3.58. The van der Waals surface area contributed by atoms with Crippen LogP contribution in [0.3, 0.4) is 0 Å². The number of benzene rings is 1. The van der Waals surface area contributed by atoms with E-state index in [4.69, 9.17) is 4.74 Å². The SMILES string of the molecule is Cc1ccc(CNC(=O)COC(=O)[C@H]2C[C@H]2C)cc1F. The molecule has 0 aliphatic heterocycles. The molecule has 0 saturated heterocycles. The van der Waals surface area contributed by atoms with E-state index in [0.29, 0.717) is 17.0 Å². The zero-order valence-electron chi connectivity index (χ0n) is 11.6. The average Bonchev–Trinajstić information content (AvgIpc) is 3.14. The largest absolute Gasteiger partial charge is 0.455 e. The molecule has 1 aromatic carbocycles. The molecule has 1 aromatic rings. The number of rotatable bonds is 5. The van der Waals surface area contributed by atoms with Gasteiger partial charge in [-0.1, -0.05) is 19.1 Å². The van der Waals surface area contributed by atoms with Crippen LogP contribution in [-0.4, -0.2) is 18.5 Å². The number of halogens is 1. The first-order chi connectivity index (χ1) is 9.47. The molecule has 108 valence electrons. The standard InChI is InChI=1S/C15H18FNO3/c1-9-3-4-11(6-13(9)16)7-17-14(18)8-20-15(19)12-5-10(12)2/h3-4,6,10,12H,5,7-8H2,1-2H3,(H,17,18)/t10-,12+/m1/s1. The Morgan fingerprint density at radius 2 is 2.15 bits per heavy atom. The van der Waals surface area contributed by atoms with Gasteiger partial charge in [-0.25, -0.2) is 4.39 Å². The number of nitrogens with one attached hydrogen (secondary N) is 1. The van der Waals surface area contributed by atoms with Crippen LogP contribution in [-0.2, 0) is 20.9 Å². The Kier molecular flexibility index (Phi) is 4.37. The van der Waals surface area contributed by atoms with Crippen LogP contribution < -0.4 is 5.32 Å². The van der Waals surface area contributed by atoms with E-state index in [1.165, 1.54) is 6.07 Å². The van der Waals surface area contributed by atoms with Crippen molar-refractivity contribution in [3.05, 3.63) is 35.1 Å². The van der Waals surface area contributed by atoms with Gasteiger partial charge in [0.1, 0.15) is 5.82 Å². The summed E-state index contributed by atoms with van der Waals surface area (Å²) in [6, 6.07) is 4.79. The molecule has 1 amide bonds. The fourth-order valence-electron chi connectivity index (χ4n) is 1.89. The van der Waals surface area contributed by atoms with Gasteiger partial charge in [-0.15, -0.1) is 0 Å². The third-order valence-corrected chi connectivity index (χ3v) is 3.48. The monoisotopic (exact) mass is 279 g/mol. The highest BCUT2D eigenvalue weighted by atomic mass is 19.1. The Morgan fingerprint density at radius 1 is 1.45 bits per heavy atom. The quantitative estimate of drug-likeness (QED) is 0.838. The fraction of sp³-hybridized carbons (Fsp3) is 0.467. The number of carbonyl (C=O) groups is 2. The van der Waals surface area contributed by atoms with E-state index in [0.717, 1.165) is 6.42 Å². The molecule has 0 heterocycles. The summed E-state index contributed by atoms with van der Waals surface area (Å²) in [6.07, 6.45) is 0.836. The lowest BCUT2D eigenvalue weighted by molar-refractivity contribution is -0.150. The molecule has 1 aliphatic rings. The van der Waals surface area contributed by atoms with Gasteiger partial charge in [0.2, 0.25) is 0 Å². The van der Waals surface area contributed by atoms with Gasteiger partial charge in [-0.05, 0) is 36.5 Å². The van der Waals surface area contributed by atoms with E-state index in [2.05, 4.69) is 5.32 Å². The maximum atomic E-state index is 13.3. The van der Waals surface area contributed by atoms with E-state index < -0.39 is 0 Å². The van der Waals surface area contributed by atoms with Crippen molar-refractivity contribution in [2.45, 2.75) is 26.8 Å². The van der Waals surface area contributed by atoms with Crippen LogP contribution in [0.15, 0.2) is 18.2 Å². The zero-order valence-corrected chi connectivity index (χ0v) is 11.6. The Balaban J connectivity index is 1.72. The Hall–Kier alpha value is -1.91. The van der Waals surface area contributed by atoms with Gasteiger partial charge in [-0.2, -0.15) is 0 Å². The number of aryl methyl sites for hydroxylation is 1. The van der Waals surface area contributed by atoms with E-state index in [9.17, 15) is 14.0 Å². The van der Waals surface area contributed by atoms with Crippen molar-refractivity contribution in [1.82, 2.24) is 5.32 Å². The minimum absolute atomic E-state index is 0.0472. The lowest BCUT2D eigenvalue weighted by atomic mass is 10.1. The maximum absolute atomic E-state index is 13.3. The van der Waals surface area contributed by atoms with Crippen molar-refractivity contribution in [3.8, 4) is 0 Å². The van der Waals surface area contributed by atoms with Crippen molar-refractivity contribution in [3.63, 3.8) is 0 Å². The number of esters is 1. The van der Waals surface area contributed by atoms with Gasteiger partial charge < -0.3 is 10.1 Å². The van der Waals surface area contributed by atoms with Crippen molar-refractivity contribution in [2.75, 3.05) is 6.61 Å². The summed E-state index contributed by atoms with van der Waals surface area (Å²) >= 11 is 0. The molecule has 5 heteroatoms. The molecular formula is C15H18FNO3. The Bertz CT molecular complexity index is 530. The first kappa shape index (κ1) is 14.5. The molecule has 4 nitrogen and oxygen atoms in total. The van der Waals surface area contributed by atoms with Gasteiger partial charge in [0, 0.05) is 6.54 Å². The highest BCUT2D eigenvalue weighted by molar-refractivity contribution is 5.82. The number of carbonyl (C=O) groups excluding carboxylic acids is 2. The lowest BCUT2D eigenvalue weighted by Crippen LogP contribution is -2.28. The smallest absolute Gasteiger partial charge is 0.309 e. The summed E-state index contributed by atoms with van der Waals surface area (Å²) in [4.78, 5) is 22.9. The lowest BCUT2D eigenvalue weighted by Gasteiger charge is -2.07. The van der Waals surface area contributed by atoms with Crippen molar-refractivity contribution >= 4 is 11.9 Å². The first-order valence-electron chi connectivity index (χ1n) is 6.65. The van der Waals surface area contributed by atoms with E-state index in [1.54, 1.807) is 19.1 Å². The molecular weight excluding hydrogens is 261 g/mol. The molecule has 1 saturated carbocycles. The molecule has 2 atom stereocenters. The normalized spacial score (nSPS) is 20.4. The van der Waals surface area contributed by atoms with Crippen molar-refractivity contribution < 1.29 is 18.7 Å². The summed E-state index contributed by atoms with van der Waals surface area (Å²) in [5.74, 6) is -0.678. The van der Waals surface area contributed by atoms with Gasteiger partial charge >= 0.3 is 5.97 Å². The third kappa shape index (κ3) is 3.79. The summed E-state index contributed by atoms with van der Waals surface area (Å²) in [5.41, 5.74) is 1.23. The van der Waals surface area contributed by atoms with Crippen LogP contribution in [0.5, 0.6) is 0 Å². The van der Waals surface area contributed by atoms with E-state index in [-0.39, 0.29) is 36.8 Å². The molecule has 1 N–H and O–H groups in total. The maximum Gasteiger partial charge on any atom is 0.309 e. The van der Waals surface area contributed by atoms with Crippen LogP contribution in [0.2, 0.25) is 0 Å². The van der Waals surface area contributed by atoms with Crippen LogP contribution in [0.25, 0.3) is 0 Å². The Morgan fingerprint density at radius 3 is 2.75 bits per heavy atom. The number of hydrogen-bond donors (Lipinski definition) is 1.